The van der Waals surface area contributed by atoms with Crippen LogP contribution in [-0.2, 0) is 0 Å². The van der Waals surface area contributed by atoms with Crippen LogP contribution in [0.25, 0.3) is 0 Å². The van der Waals surface area contributed by atoms with Gasteiger partial charge in [0.05, 0.1) is 6.61 Å². The van der Waals surface area contributed by atoms with Gasteiger partial charge in [-0.25, -0.2) is 0 Å². The number of benzene rings is 1. The van der Waals surface area contributed by atoms with Crippen LogP contribution in [-0.4, -0.2) is 24.9 Å². The molecule has 0 aliphatic carbocycles. The highest BCUT2D eigenvalue weighted by atomic mass is 16.5. The van der Waals surface area contributed by atoms with Crippen LogP contribution < -0.4 is 10.1 Å². The number of nitrogens with one attached hydrogen (secondary N) is 1. The minimum atomic E-state index is 0.0445. The molecular formula is C13H21NO2. The van der Waals surface area contributed by atoms with E-state index >= 15 is 0 Å². The molecule has 1 atom stereocenters. The fraction of sp³-hybridized carbons (Fsp3) is 0.538. The van der Waals surface area contributed by atoms with Crippen molar-refractivity contribution in [3.05, 3.63) is 29.3 Å². The molecule has 0 aliphatic heterocycles. The van der Waals surface area contributed by atoms with Crippen LogP contribution in [0.1, 0.15) is 31.0 Å². The maximum absolute atomic E-state index is 8.77. The Kier molecular flexibility index (Phi) is 5.29. The van der Waals surface area contributed by atoms with Gasteiger partial charge in [0, 0.05) is 11.6 Å². The fourth-order valence-corrected chi connectivity index (χ4v) is 1.71. The van der Waals surface area contributed by atoms with Gasteiger partial charge < -0.3 is 15.2 Å². The Bertz CT molecular complexity index is 326. The third-order valence-electron chi connectivity index (χ3n) is 2.49. The minimum Gasteiger partial charge on any atom is -0.491 e. The number of hydrogen-bond acceptors (Lipinski definition) is 3. The molecule has 0 aliphatic rings. The van der Waals surface area contributed by atoms with Crippen molar-refractivity contribution in [2.24, 2.45) is 0 Å². The van der Waals surface area contributed by atoms with E-state index in [4.69, 9.17) is 9.84 Å². The molecule has 1 rings (SSSR count). The lowest BCUT2D eigenvalue weighted by molar-refractivity contribution is 0.199. The molecule has 0 spiro atoms. The van der Waals surface area contributed by atoms with E-state index in [1.165, 1.54) is 5.56 Å². The summed E-state index contributed by atoms with van der Waals surface area (Å²) in [6, 6.07) is 6.38. The molecule has 1 aromatic carbocycles. The third-order valence-corrected chi connectivity index (χ3v) is 2.49. The van der Waals surface area contributed by atoms with Crippen molar-refractivity contribution < 1.29 is 9.84 Å². The number of aliphatic hydroxyl groups is 1. The molecule has 3 heteroatoms. The molecule has 0 fully saturated rings. The Morgan fingerprint density at radius 1 is 1.44 bits per heavy atom. The monoisotopic (exact) mass is 223 g/mol. The van der Waals surface area contributed by atoms with Crippen molar-refractivity contribution in [2.75, 3.05) is 19.8 Å². The number of hydrogen-bond donors (Lipinski definition) is 2. The number of aryl methyl sites for hydroxylation is 1. The summed E-state index contributed by atoms with van der Waals surface area (Å²) in [5.74, 6) is 0.855. The highest BCUT2D eigenvalue weighted by molar-refractivity contribution is 5.38. The highest BCUT2D eigenvalue weighted by Crippen LogP contribution is 2.26. The van der Waals surface area contributed by atoms with Gasteiger partial charge in [-0.3, -0.25) is 0 Å². The first-order valence-corrected chi connectivity index (χ1v) is 5.76. The molecule has 0 heterocycles. The normalized spacial score (nSPS) is 12.5. The van der Waals surface area contributed by atoms with E-state index in [0.717, 1.165) is 17.9 Å². The number of ether oxygens (including phenoxy) is 1. The van der Waals surface area contributed by atoms with Gasteiger partial charge in [-0.1, -0.05) is 24.6 Å². The van der Waals surface area contributed by atoms with Gasteiger partial charge in [-0.15, -0.1) is 0 Å². The van der Waals surface area contributed by atoms with E-state index in [0.29, 0.717) is 6.61 Å². The van der Waals surface area contributed by atoms with Gasteiger partial charge in [-0.2, -0.15) is 0 Å². The van der Waals surface area contributed by atoms with E-state index in [2.05, 4.69) is 32.2 Å². The molecule has 0 saturated heterocycles. The average molecular weight is 223 g/mol. The fourth-order valence-electron chi connectivity index (χ4n) is 1.71. The Morgan fingerprint density at radius 2 is 2.19 bits per heavy atom. The summed E-state index contributed by atoms with van der Waals surface area (Å²) in [5, 5.41) is 12.1. The van der Waals surface area contributed by atoms with E-state index in [1.807, 2.05) is 12.1 Å². The molecule has 3 nitrogen and oxygen atoms in total. The van der Waals surface area contributed by atoms with Crippen LogP contribution >= 0.6 is 0 Å². The topological polar surface area (TPSA) is 41.5 Å². The second-order valence-corrected chi connectivity index (χ2v) is 3.89. The molecule has 0 radical (unpaired) electrons. The van der Waals surface area contributed by atoms with Gasteiger partial charge in [-0.05, 0) is 26.5 Å². The molecule has 1 aromatic rings. The van der Waals surface area contributed by atoms with Crippen molar-refractivity contribution in [2.45, 2.75) is 26.8 Å². The maximum atomic E-state index is 8.77. The van der Waals surface area contributed by atoms with Gasteiger partial charge in [0.15, 0.2) is 0 Å². The first kappa shape index (κ1) is 13.0. The standard InChI is InChI=1S/C13H21NO2/c1-4-14-11(3)12-9-10(2)5-6-13(12)16-8-7-15/h5-6,9,11,14-15H,4,7-8H2,1-3H3. The molecule has 1 unspecified atom stereocenters. The Balaban J connectivity index is 2.88. The van der Waals surface area contributed by atoms with Crippen molar-refractivity contribution in [1.29, 1.82) is 0 Å². The molecule has 90 valence electrons. The summed E-state index contributed by atoms with van der Waals surface area (Å²) in [5.41, 5.74) is 2.37. The lowest BCUT2D eigenvalue weighted by atomic mass is 10.0. The molecule has 0 bridgehead atoms. The molecule has 0 saturated carbocycles. The van der Waals surface area contributed by atoms with Crippen LogP contribution in [0.5, 0.6) is 5.75 Å². The summed E-state index contributed by atoms with van der Waals surface area (Å²) < 4.78 is 5.52. The molecule has 0 aromatic heterocycles. The lowest BCUT2D eigenvalue weighted by Crippen LogP contribution is -2.19. The Hall–Kier alpha value is -1.06. The van der Waals surface area contributed by atoms with Crippen LogP contribution in [0.15, 0.2) is 18.2 Å². The molecule has 0 amide bonds. The van der Waals surface area contributed by atoms with Crippen LogP contribution in [0.4, 0.5) is 0 Å². The maximum Gasteiger partial charge on any atom is 0.124 e. The van der Waals surface area contributed by atoms with Crippen LogP contribution in [0.2, 0.25) is 0 Å². The second kappa shape index (κ2) is 6.51. The predicted octanol–water partition coefficient (Wildman–Crippen LogP) is 2.04. The molecular weight excluding hydrogens is 202 g/mol. The number of rotatable bonds is 6. The van der Waals surface area contributed by atoms with Crippen molar-refractivity contribution in [1.82, 2.24) is 5.32 Å². The number of aliphatic hydroxyl groups excluding tert-OH is 1. The van der Waals surface area contributed by atoms with E-state index in [1.54, 1.807) is 0 Å². The smallest absolute Gasteiger partial charge is 0.124 e. The summed E-state index contributed by atoms with van der Waals surface area (Å²) in [6.45, 7) is 7.58. The Labute approximate surface area is 97.4 Å². The largest absolute Gasteiger partial charge is 0.491 e. The summed E-state index contributed by atoms with van der Waals surface area (Å²) in [4.78, 5) is 0. The van der Waals surface area contributed by atoms with E-state index in [9.17, 15) is 0 Å². The first-order valence-electron chi connectivity index (χ1n) is 5.76. The zero-order valence-electron chi connectivity index (χ0n) is 10.3. The van der Waals surface area contributed by atoms with Gasteiger partial charge >= 0.3 is 0 Å². The van der Waals surface area contributed by atoms with Crippen molar-refractivity contribution in [3.8, 4) is 5.75 Å². The average Bonchev–Trinajstić information content (AvgIpc) is 2.27. The predicted molar refractivity (Wildman–Crippen MR) is 65.9 cm³/mol. The summed E-state index contributed by atoms with van der Waals surface area (Å²) in [7, 11) is 0. The van der Waals surface area contributed by atoms with Crippen molar-refractivity contribution >= 4 is 0 Å². The van der Waals surface area contributed by atoms with Crippen LogP contribution in [0, 0.1) is 6.92 Å². The van der Waals surface area contributed by atoms with Gasteiger partial charge in [0.1, 0.15) is 12.4 Å². The lowest BCUT2D eigenvalue weighted by Gasteiger charge is -2.18. The second-order valence-electron chi connectivity index (χ2n) is 3.89. The molecule has 16 heavy (non-hydrogen) atoms. The SMILES string of the molecule is CCNC(C)c1cc(C)ccc1OCCO. The van der Waals surface area contributed by atoms with E-state index < -0.39 is 0 Å². The quantitative estimate of drug-likeness (QED) is 0.775. The van der Waals surface area contributed by atoms with Crippen molar-refractivity contribution in [3.63, 3.8) is 0 Å². The van der Waals surface area contributed by atoms with Gasteiger partial charge in [0.2, 0.25) is 0 Å². The Morgan fingerprint density at radius 3 is 2.81 bits per heavy atom. The third kappa shape index (κ3) is 3.51. The first-order chi connectivity index (χ1) is 7.69. The zero-order chi connectivity index (χ0) is 12.0. The molecule has 2 N–H and O–H groups in total. The highest BCUT2D eigenvalue weighted by Gasteiger charge is 2.10. The summed E-state index contributed by atoms with van der Waals surface area (Å²) >= 11 is 0. The summed E-state index contributed by atoms with van der Waals surface area (Å²) in [6.07, 6.45) is 0. The van der Waals surface area contributed by atoms with Gasteiger partial charge in [0.25, 0.3) is 0 Å². The van der Waals surface area contributed by atoms with E-state index in [-0.39, 0.29) is 12.6 Å². The van der Waals surface area contributed by atoms with Crippen LogP contribution in [0.3, 0.4) is 0 Å². The zero-order valence-corrected chi connectivity index (χ0v) is 10.3. The minimum absolute atomic E-state index is 0.0445.